The third-order valence-electron chi connectivity index (χ3n) is 4.25. The normalized spacial score (nSPS) is 10.8. The zero-order chi connectivity index (χ0) is 21.7. The zero-order valence-corrected chi connectivity index (χ0v) is 15.9. The van der Waals surface area contributed by atoms with Crippen molar-refractivity contribution in [1.29, 1.82) is 0 Å². The number of alkyl halides is 2. The van der Waals surface area contributed by atoms with Gasteiger partial charge in [-0.2, -0.15) is 8.78 Å². The maximum absolute atomic E-state index is 12.5. The Bertz CT molecular complexity index is 1090. The average Bonchev–Trinajstić information content (AvgIpc) is 3.05. The zero-order valence-electron chi connectivity index (χ0n) is 15.9. The Labute approximate surface area is 170 Å². The van der Waals surface area contributed by atoms with Gasteiger partial charge < -0.3 is 19.8 Å². The van der Waals surface area contributed by atoms with Crippen LogP contribution in [-0.2, 0) is 9.53 Å². The van der Waals surface area contributed by atoms with Crippen molar-refractivity contribution in [2.24, 2.45) is 0 Å². The number of aromatic amines is 1. The van der Waals surface area contributed by atoms with Crippen LogP contribution in [0.4, 0.5) is 8.78 Å². The Morgan fingerprint density at radius 1 is 1.10 bits per heavy atom. The topological polar surface area (TPSA) is 97.5 Å². The van der Waals surface area contributed by atoms with Crippen LogP contribution < -0.4 is 10.1 Å². The highest BCUT2D eigenvalue weighted by Gasteiger charge is 2.18. The minimum Gasteiger partial charge on any atom is -0.456 e. The largest absolute Gasteiger partial charge is 0.456 e. The summed E-state index contributed by atoms with van der Waals surface area (Å²) in [5, 5.41) is 3.04. The number of rotatable bonds is 8. The first-order chi connectivity index (χ1) is 14.3. The van der Waals surface area contributed by atoms with E-state index in [9.17, 15) is 23.2 Å². The number of carbonyl (C=O) groups excluding carboxylic acids is 3. The number of hydrogen-bond acceptors (Lipinski definition) is 5. The van der Waals surface area contributed by atoms with E-state index in [1.54, 1.807) is 19.1 Å². The molecule has 0 fully saturated rings. The third-order valence-corrected chi connectivity index (χ3v) is 4.25. The number of ketones is 1. The lowest BCUT2D eigenvalue weighted by Crippen LogP contribution is -2.31. The highest BCUT2D eigenvalue weighted by atomic mass is 19.3. The number of H-pyrrole nitrogens is 1. The molecule has 9 heteroatoms. The number of benzene rings is 2. The van der Waals surface area contributed by atoms with Gasteiger partial charge >= 0.3 is 12.6 Å². The van der Waals surface area contributed by atoms with Crippen LogP contribution in [-0.4, -0.2) is 42.4 Å². The van der Waals surface area contributed by atoms with E-state index >= 15 is 0 Å². The standard InChI is InChI=1S/C21H18F2N2O5/c1-12-19(15-7-2-3-8-16(15)25-12)17(26)11-29-18(27)10-24-20(28)13-5-4-6-14(9-13)30-21(22)23/h2-9,21,25H,10-11H2,1H3,(H,24,28). The molecule has 3 rings (SSSR count). The number of hydrogen-bond donors (Lipinski definition) is 2. The minimum absolute atomic E-state index is 0.0337. The van der Waals surface area contributed by atoms with Crippen LogP contribution in [0, 0.1) is 6.92 Å². The van der Waals surface area contributed by atoms with Gasteiger partial charge in [-0.1, -0.05) is 24.3 Å². The van der Waals surface area contributed by atoms with Crippen molar-refractivity contribution < 1.29 is 32.6 Å². The second-order valence-electron chi connectivity index (χ2n) is 6.34. The number of halogens is 2. The number of aryl methyl sites for hydroxylation is 1. The molecule has 1 heterocycles. The number of nitrogens with one attached hydrogen (secondary N) is 2. The van der Waals surface area contributed by atoms with Crippen LogP contribution in [0.1, 0.15) is 26.4 Å². The van der Waals surface area contributed by atoms with E-state index in [1.807, 2.05) is 12.1 Å². The number of carbonyl (C=O) groups is 3. The quantitative estimate of drug-likeness (QED) is 0.434. The van der Waals surface area contributed by atoms with E-state index in [-0.39, 0.29) is 17.1 Å². The van der Waals surface area contributed by atoms with E-state index in [1.165, 1.54) is 18.2 Å². The molecule has 0 unspecified atom stereocenters. The molecule has 1 aromatic heterocycles. The smallest absolute Gasteiger partial charge is 0.387 e. The first-order valence-corrected chi connectivity index (χ1v) is 8.94. The lowest BCUT2D eigenvalue weighted by Gasteiger charge is -2.08. The fraction of sp³-hybridized carbons (Fsp3) is 0.190. The molecule has 0 bridgehead atoms. The summed E-state index contributed by atoms with van der Waals surface area (Å²) in [5.74, 6) is -2.04. The van der Waals surface area contributed by atoms with Crippen molar-refractivity contribution in [2.45, 2.75) is 13.5 Å². The van der Waals surface area contributed by atoms with Crippen LogP contribution in [0.2, 0.25) is 0 Å². The maximum Gasteiger partial charge on any atom is 0.387 e. The van der Waals surface area contributed by atoms with E-state index in [0.29, 0.717) is 11.3 Å². The van der Waals surface area contributed by atoms with Gasteiger partial charge in [0.15, 0.2) is 6.61 Å². The molecule has 30 heavy (non-hydrogen) atoms. The monoisotopic (exact) mass is 416 g/mol. The molecule has 0 spiro atoms. The molecule has 0 saturated heterocycles. The van der Waals surface area contributed by atoms with Crippen LogP contribution in [0.3, 0.4) is 0 Å². The second-order valence-corrected chi connectivity index (χ2v) is 6.34. The Kier molecular flexibility index (Phi) is 6.41. The van der Waals surface area contributed by atoms with Gasteiger partial charge in [0.1, 0.15) is 12.3 Å². The Hall–Kier alpha value is -3.75. The Balaban J connectivity index is 1.53. The summed E-state index contributed by atoms with van der Waals surface area (Å²) in [6.45, 7) is -2.23. The molecule has 2 N–H and O–H groups in total. The molecular weight excluding hydrogens is 398 g/mol. The van der Waals surface area contributed by atoms with Gasteiger partial charge in [-0.15, -0.1) is 0 Å². The predicted molar refractivity (Wildman–Crippen MR) is 104 cm³/mol. The fourth-order valence-corrected chi connectivity index (χ4v) is 2.97. The number of amides is 1. The molecular formula is C21H18F2N2O5. The summed E-state index contributed by atoms with van der Waals surface area (Å²) in [6, 6.07) is 12.4. The molecule has 2 aromatic carbocycles. The van der Waals surface area contributed by atoms with E-state index in [0.717, 1.165) is 17.0 Å². The van der Waals surface area contributed by atoms with E-state index < -0.39 is 31.6 Å². The summed E-state index contributed by atoms with van der Waals surface area (Å²) >= 11 is 0. The number of Topliss-reactive ketones (excluding diaryl/α,β-unsaturated/α-hetero) is 1. The first kappa shape index (κ1) is 21.0. The first-order valence-electron chi connectivity index (χ1n) is 8.94. The molecule has 0 aliphatic rings. The minimum atomic E-state index is -3.02. The van der Waals surface area contributed by atoms with Crippen LogP contribution >= 0.6 is 0 Å². The van der Waals surface area contributed by atoms with Crippen LogP contribution in [0.15, 0.2) is 48.5 Å². The average molecular weight is 416 g/mol. The molecule has 0 atom stereocenters. The van der Waals surface area contributed by atoms with E-state index in [4.69, 9.17) is 4.74 Å². The molecule has 0 saturated carbocycles. The van der Waals surface area contributed by atoms with Crippen molar-refractivity contribution >= 4 is 28.6 Å². The van der Waals surface area contributed by atoms with Gasteiger partial charge in [0.05, 0.1) is 0 Å². The number of aromatic nitrogens is 1. The molecule has 0 radical (unpaired) electrons. The summed E-state index contributed by atoms with van der Waals surface area (Å²) in [5.41, 5.74) is 1.94. The van der Waals surface area contributed by atoms with Crippen molar-refractivity contribution in [1.82, 2.24) is 10.3 Å². The van der Waals surface area contributed by atoms with Crippen LogP contribution in [0.25, 0.3) is 10.9 Å². The maximum atomic E-state index is 12.5. The lowest BCUT2D eigenvalue weighted by atomic mass is 10.1. The molecule has 0 aliphatic carbocycles. The predicted octanol–water partition coefficient (Wildman–Crippen LogP) is 3.23. The highest BCUT2D eigenvalue weighted by molar-refractivity contribution is 6.10. The van der Waals surface area contributed by atoms with Gasteiger partial charge in [-0.25, -0.2) is 0 Å². The van der Waals surface area contributed by atoms with Crippen LogP contribution in [0.5, 0.6) is 5.75 Å². The van der Waals surface area contributed by atoms with Gasteiger partial charge in [0.2, 0.25) is 5.78 Å². The SMILES string of the molecule is Cc1[nH]c2ccccc2c1C(=O)COC(=O)CNC(=O)c1cccc(OC(F)F)c1. The molecule has 1 amide bonds. The molecule has 156 valence electrons. The van der Waals surface area contributed by atoms with E-state index in [2.05, 4.69) is 15.0 Å². The molecule has 0 aliphatic heterocycles. The van der Waals surface area contributed by atoms with Gasteiger partial charge in [-0.05, 0) is 31.2 Å². The van der Waals surface area contributed by atoms with Gasteiger partial charge in [-0.3, -0.25) is 14.4 Å². The number of fused-ring (bicyclic) bond motifs is 1. The van der Waals surface area contributed by atoms with Crippen molar-refractivity contribution in [3.63, 3.8) is 0 Å². The van der Waals surface area contributed by atoms with Crippen molar-refractivity contribution in [3.8, 4) is 5.75 Å². The number of para-hydroxylation sites is 1. The molecule has 7 nitrogen and oxygen atoms in total. The van der Waals surface area contributed by atoms with Crippen molar-refractivity contribution in [2.75, 3.05) is 13.2 Å². The highest BCUT2D eigenvalue weighted by Crippen LogP contribution is 2.22. The lowest BCUT2D eigenvalue weighted by molar-refractivity contribution is -0.141. The Morgan fingerprint density at radius 2 is 1.87 bits per heavy atom. The summed E-state index contributed by atoms with van der Waals surface area (Å²) in [4.78, 5) is 39.5. The van der Waals surface area contributed by atoms with Crippen molar-refractivity contribution in [3.05, 3.63) is 65.4 Å². The number of ether oxygens (including phenoxy) is 2. The third kappa shape index (κ3) is 4.99. The molecule has 3 aromatic rings. The fourth-order valence-electron chi connectivity index (χ4n) is 2.97. The Morgan fingerprint density at radius 3 is 2.63 bits per heavy atom. The summed E-state index contributed by atoms with van der Waals surface area (Å²) < 4.78 is 33.7. The summed E-state index contributed by atoms with van der Waals surface area (Å²) in [7, 11) is 0. The van der Waals surface area contributed by atoms with Gasteiger partial charge in [0, 0.05) is 27.7 Å². The van der Waals surface area contributed by atoms with Gasteiger partial charge in [0.25, 0.3) is 5.91 Å². The summed E-state index contributed by atoms with van der Waals surface area (Å²) in [6.07, 6.45) is 0. The second kappa shape index (κ2) is 9.17. The number of esters is 1.